The van der Waals surface area contributed by atoms with E-state index in [0.29, 0.717) is 11.1 Å². The molecule has 4 aromatic rings. The Morgan fingerprint density at radius 3 is 2.79 bits per heavy atom. The summed E-state index contributed by atoms with van der Waals surface area (Å²) in [6.07, 6.45) is 3.33. The molecule has 1 fully saturated rings. The predicted molar refractivity (Wildman–Crippen MR) is 129 cm³/mol. The summed E-state index contributed by atoms with van der Waals surface area (Å²) < 4.78 is 14.1. The number of aromatic nitrogens is 1. The first-order valence-electron chi connectivity index (χ1n) is 11.8. The van der Waals surface area contributed by atoms with Gasteiger partial charge in [-0.1, -0.05) is 0 Å². The average Bonchev–Trinajstić information content (AvgIpc) is 3.48. The Morgan fingerprint density at radius 1 is 1.15 bits per heavy atom. The van der Waals surface area contributed by atoms with Crippen molar-refractivity contribution in [3.63, 3.8) is 0 Å². The lowest BCUT2D eigenvalue weighted by atomic mass is 10.1. The predicted octanol–water partition coefficient (Wildman–Crippen LogP) is 4.03. The molecule has 5 rings (SSSR count). The second-order valence-electron chi connectivity index (χ2n) is 8.49. The largest absolute Gasteiger partial charge is 0.451 e. The van der Waals surface area contributed by atoms with Gasteiger partial charge in [-0.2, -0.15) is 5.26 Å². The number of rotatable bonds is 7. The molecule has 2 aromatic carbocycles. The van der Waals surface area contributed by atoms with E-state index in [1.54, 1.807) is 12.1 Å². The molecular formula is C26H27N5O2. The SMILES string of the molecule is [2H]C(CCCN1CCN(c2ccc3oc(C(N)=O)cc3c2)CC1)c1c[nH]c2ccc(C#N)cc12. The number of carbonyl (C=O) groups excluding carboxylic acids is 1. The zero-order valence-corrected chi connectivity index (χ0v) is 18.4. The highest BCUT2D eigenvalue weighted by atomic mass is 16.3. The van der Waals surface area contributed by atoms with Gasteiger partial charge in [0.1, 0.15) is 5.58 Å². The monoisotopic (exact) mass is 442 g/mol. The summed E-state index contributed by atoms with van der Waals surface area (Å²) in [5, 5.41) is 11.0. The van der Waals surface area contributed by atoms with Crippen molar-refractivity contribution in [1.29, 1.82) is 5.26 Å². The minimum Gasteiger partial charge on any atom is -0.451 e. The fraction of sp³-hybridized carbons (Fsp3) is 0.308. The van der Waals surface area contributed by atoms with Crippen LogP contribution >= 0.6 is 0 Å². The first-order valence-corrected chi connectivity index (χ1v) is 11.3. The van der Waals surface area contributed by atoms with E-state index in [-0.39, 0.29) is 12.2 Å². The number of aryl methyl sites for hydroxylation is 1. The molecule has 7 heteroatoms. The molecule has 0 radical (unpaired) electrons. The molecular weight excluding hydrogens is 414 g/mol. The van der Waals surface area contributed by atoms with Crippen LogP contribution in [0.3, 0.4) is 0 Å². The van der Waals surface area contributed by atoms with Crippen molar-refractivity contribution >= 4 is 33.5 Å². The molecule has 2 aromatic heterocycles. The summed E-state index contributed by atoms with van der Waals surface area (Å²) >= 11 is 0. The number of aromatic amines is 1. The van der Waals surface area contributed by atoms with Gasteiger partial charge in [-0.15, -0.1) is 0 Å². The number of nitriles is 1. The second kappa shape index (κ2) is 9.00. The number of H-pyrrole nitrogens is 1. The van der Waals surface area contributed by atoms with Gasteiger partial charge in [0.25, 0.3) is 5.91 Å². The van der Waals surface area contributed by atoms with Crippen LogP contribution < -0.4 is 10.6 Å². The zero-order chi connectivity index (χ0) is 23.7. The maximum atomic E-state index is 11.4. The Morgan fingerprint density at radius 2 is 2.00 bits per heavy atom. The minimum absolute atomic E-state index is 0.183. The number of anilines is 1. The number of hydrogen-bond donors (Lipinski definition) is 2. The lowest BCUT2D eigenvalue weighted by Gasteiger charge is -2.36. The van der Waals surface area contributed by atoms with Gasteiger partial charge in [-0.3, -0.25) is 9.69 Å². The third kappa shape index (κ3) is 4.43. The normalized spacial score (nSPS) is 16.1. The van der Waals surface area contributed by atoms with Crippen LogP contribution in [0.5, 0.6) is 0 Å². The quantitative estimate of drug-likeness (QED) is 0.450. The number of benzene rings is 2. The average molecular weight is 443 g/mol. The number of furan rings is 1. The Kier molecular flexibility index (Phi) is 5.43. The van der Waals surface area contributed by atoms with Gasteiger partial charge in [0.05, 0.1) is 11.6 Å². The number of nitrogens with zero attached hydrogens (tertiary/aromatic N) is 3. The zero-order valence-electron chi connectivity index (χ0n) is 19.4. The number of primary amides is 1. The minimum atomic E-state index is -0.558. The second-order valence-corrected chi connectivity index (χ2v) is 8.49. The molecule has 33 heavy (non-hydrogen) atoms. The number of amides is 1. The van der Waals surface area contributed by atoms with Gasteiger partial charge in [-0.25, -0.2) is 0 Å². The van der Waals surface area contributed by atoms with Gasteiger partial charge in [-0.05, 0) is 73.8 Å². The number of carbonyl (C=O) groups is 1. The maximum absolute atomic E-state index is 11.4. The van der Waals surface area contributed by atoms with E-state index in [9.17, 15) is 10.1 Å². The van der Waals surface area contributed by atoms with Gasteiger partial charge in [0, 0.05) is 55.7 Å². The molecule has 1 unspecified atom stereocenters. The number of fused-ring (bicyclic) bond motifs is 2. The summed E-state index contributed by atoms with van der Waals surface area (Å²) in [6.45, 7) is 4.76. The number of nitrogens with two attached hydrogens (primary N) is 1. The third-order valence-electron chi connectivity index (χ3n) is 6.37. The Bertz CT molecular complexity index is 1380. The molecule has 1 atom stereocenters. The summed E-state index contributed by atoms with van der Waals surface area (Å²) in [6, 6.07) is 15.4. The molecule has 168 valence electrons. The van der Waals surface area contributed by atoms with Gasteiger partial charge in [0.2, 0.25) is 0 Å². The molecule has 1 aliphatic heterocycles. The molecule has 0 aliphatic carbocycles. The lowest BCUT2D eigenvalue weighted by Crippen LogP contribution is -2.46. The van der Waals surface area contributed by atoms with E-state index < -0.39 is 5.91 Å². The van der Waals surface area contributed by atoms with Crippen LogP contribution in [-0.2, 0) is 6.40 Å². The third-order valence-corrected chi connectivity index (χ3v) is 6.37. The fourth-order valence-electron chi connectivity index (χ4n) is 4.53. The van der Waals surface area contributed by atoms with E-state index >= 15 is 0 Å². The van der Waals surface area contributed by atoms with Crippen LogP contribution in [0.15, 0.2) is 53.1 Å². The van der Waals surface area contributed by atoms with Crippen molar-refractivity contribution in [3.05, 3.63) is 65.5 Å². The molecule has 0 saturated carbocycles. The van der Waals surface area contributed by atoms with E-state index in [1.165, 1.54) is 0 Å². The van der Waals surface area contributed by atoms with Crippen LogP contribution in [0.1, 0.15) is 35.9 Å². The van der Waals surface area contributed by atoms with Gasteiger partial charge >= 0.3 is 0 Å². The molecule has 0 spiro atoms. The van der Waals surface area contributed by atoms with Crippen molar-refractivity contribution < 1.29 is 10.6 Å². The molecule has 0 bridgehead atoms. The topological polar surface area (TPSA) is 102 Å². The highest BCUT2D eigenvalue weighted by Gasteiger charge is 2.18. The van der Waals surface area contributed by atoms with Gasteiger partial charge in [0.15, 0.2) is 5.76 Å². The Hall–Kier alpha value is -3.76. The summed E-state index contributed by atoms with van der Waals surface area (Å²) in [5.41, 5.74) is 9.67. The molecule has 1 saturated heterocycles. The molecule has 3 N–H and O–H groups in total. The van der Waals surface area contributed by atoms with Crippen molar-refractivity contribution in [3.8, 4) is 6.07 Å². The number of nitrogens with one attached hydrogen (secondary N) is 1. The molecule has 3 heterocycles. The first kappa shape index (κ1) is 19.9. The number of hydrogen-bond acceptors (Lipinski definition) is 5. The van der Waals surface area contributed by atoms with Crippen LogP contribution in [0, 0.1) is 11.3 Å². The fourth-order valence-corrected chi connectivity index (χ4v) is 4.53. The Labute approximate surface area is 193 Å². The van der Waals surface area contributed by atoms with Crippen LogP contribution in [-0.4, -0.2) is 48.5 Å². The van der Waals surface area contributed by atoms with Crippen molar-refractivity contribution in [1.82, 2.24) is 9.88 Å². The lowest BCUT2D eigenvalue weighted by molar-refractivity contribution is 0.0976. The van der Waals surface area contributed by atoms with E-state index in [0.717, 1.165) is 73.1 Å². The summed E-state index contributed by atoms with van der Waals surface area (Å²) in [5.74, 6) is -0.374. The molecule has 1 amide bonds. The summed E-state index contributed by atoms with van der Waals surface area (Å²) in [4.78, 5) is 19.4. The molecule has 1 aliphatic rings. The van der Waals surface area contributed by atoms with Crippen molar-refractivity contribution in [2.24, 2.45) is 5.73 Å². The van der Waals surface area contributed by atoms with Crippen molar-refractivity contribution in [2.75, 3.05) is 37.6 Å². The van der Waals surface area contributed by atoms with Crippen LogP contribution in [0.4, 0.5) is 5.69 Å². The molecule has 7 nitrogen and oxygen atoms in total. The van der Waals surface area contributed by atoms with Gasteiger partial charge < -0.3 is 20.0 Å². The van der Waals surface area contributed by atoms with Crippen molar-refractivity contribution in [2.45, 2.75) is 19.2 Å². The smallest absolute Gasteiger partial charge is 0.284 e. The van der Waals surface area contributed by atoms with E-state index in [1.807, 2.05) is 36.5 Å². The van der Waals surface area contributed by atoms with E-state index in [4.69, 9.17) is 11.5 Å². The Balaban J connectivity index is 1.13. The van der Waals surface area contributed by atoms with E-state index in [2.05, 4.69) is 20.9 Å². The summed E-state index contributed by atoms with van der Waals surface area (Å²) in [7, 11) is 0. The highest BCUT2D eigenvalue weighted by Crippen LogP contribution is 2.26. The highest BCUT2D eigenvalue weighted by molar-refractivity contribution is 5.95. The first-order chi connectivity index (χ1) is 16.5. The maximum Gasteiger partial charge on any atom is 0.284 e. The standard InChI is InChI=1S/C26H27N5O2/c27-16-18-4-6-23-22(13-18)19(17-29-23)3-1-2-8-30-9-11-31(12-10-30)21-5-7-24-20(14-21)15-25(33-24)26(28)32/h4-7,13-15,17,29H,1-3,8-12H2,(H2,28,32)/i3D. The number of piperazine rings is 1. The van der Waals surface area contributed by atoms with Crippen LogP contribution in [0.25, 0.3) is 21.9 Å². The van der Waals surface area contributed by atoms with Crippen LogP contribution in [0.2, 0.25) is 0 Å².